The van der Waals surface area contributed by atoms with Crippen molar-refractivity contribution in [2.45, 2.75) is 20.1 Å². The van der Waals surface area contributed by atoms with Crippen LogP contribution in [-0.2, 0) is 9.53 Å². The highest BCUT2D eigenvalue weighted by atomic mass is 16.6. The Morgan fingerprint density at radius 3 is 2.50 bits per heavy atom. The van der Waals surface area contributed by atoms with E-state index in [0.29, 0.717) is 5.90 Å². The first-order valence-corrected chi connectivity index (χ1v) is 8.45. The van der Waals surface area contributed by atoms with Crippen molar-refractivity contribution in [3.63, 3.8) is 0 Å². The fraction of sp³-hybridized carbons (Fsp3) is 0.300. The zero-order valence-corrected chi connectivity index (χ0v) is 15.5. The van der Waals surface area contributed by atoms with E-state index in [0.717, 1.165) is 22.6 Å². The smallest absolute Gasteiger partial charge is 0.247 e. The van der Waals surface area contributed by atoms with Gasteiger partial charge >= 0.3 is 0 Å². The molecule has 0 radical (unpaired) electrons. The standard InChI is InChI=1S/C20H23N3O3/c1-14-7-5-6-8-18(14)25-13-19-21-23(15(2)24)20(26-19)16-9-11-17(12-10-16)22(3)4/h5-12,20H,13H2,1-4H3. The van der Waals surface area contributed by atoms with Crippen LogP contribution in [-0.4, -0.2) is 37.5 Å². The maximum atomic E-state index is 12.0. The summed E-state index contributed by atoms with van der Waals surface area (Å²) >= 11 is 0. The Morgan fingerprint density at radius 1 is 1.19 bits per heavy atom. The molecule has 0 aromatic heterocycles. The third kappa shape index (κ3) is 3.79. The van der Waals surface area contributed by atoms with Gasteiger partial charge in [-0.05, 0) is 30.7 Å². The van der Waals surface area contributed by atoms with Crippen molar-refractivity contribution >= 4 is 17.5 Å². The number of amides is 1. The molecule has 1 amide bonds. The Kier molecular flexibility index (Phi) is 5.11. The summed E-state index contributed by atoms with van der Waals surface area (Å²) in [5, 5.41) is 5.64. The highest BCUT2D eigenvalue weighted by Crippen LogP contribution is 2.30. The van der Waals surface area contributed by atoms with E-state index < -0.39 is 6.23 Å². The van der Waals surface area contributed by atoms with Crippen LogP contribution in [0.25, 0.3) is 0 Å². The van der Waals surface area contributed by atoms with Gasteiger partial charge in [-0.15, -0.1) is 5.10 Å². The second kappa shape index (κ2) is 7.47. The lowest BCUT2D eigenvalue weighted by molar-refractivity contribution is -0.135. The van der Waals surface area contributed by atoms with Gasteiger partial charge < -0.3 is 14.4 Å². The number of ether oxygens (including phenoxy) is 2. The molecule has 3 rings (SSSR count). The van der Waals surface area contributed by atoms with Crippen LogP contribution in [0.4, 0.5) is 5.69 Å². The Bertz CT molecular complexity index is 815. The van der Waals surface area contributed by atoms with E-state index in [1.165, 1.54) is 11.9 Å². The van der Waals surface area contributed by atoms with Gasteiger partial charge in [0, 0.05) is 32.3 Å². The quantitative estimate of drug-likeness (QED) is 0.827. The first kappa shape index (κ1) is 17.8. The Balaban J connectivity index is 1.73. The third-order valence-corrected chi connectivity index (χ3v) is 4.15. The number of rotatable bonds is 5. The van der Waals surface area contributed by atoms with Crippen molar-refractivity contribution < 1.29 is 14.3 Å². The first-order valence-electron chi connectivity index (χ1n) is 8.45. The van der Waals surface area contributed by atoms with Gasteiger partial charge in [0.2, 0.25) is 18.0 Å². The molecule has 0 N–H and O–H groups in total. The van der Waals surface area contributed by atoms with Crippen molar-refractivity contribution in [2.75, 3.05) is 25.6 Å². The summed E-state index contributed by atoms with van der Waals surface area (Å²) in [6.45, 7) is 3.61. The number of benzene rings is 2. The van der Waals surface area contributed by atoms with Gasteiger partial charge in [0.25, 0.3) is 0 Å². The van der Waals surface area contributed by atoms with E-state index in [-0.39, 0.29) is 12.5 Å². The van der Waals surface area contributed by atoms with Gasteiger partial charge in [-0.2, -0.15) is 5.01 Å². The minimum atomic E-state index is -0.570. The fourth-order valence-corrected chi connectivity index (χ4v) is 2.68. The van der Waals surface area contributed by atoms with Crippen molar-refractivity contribution in [1.29, 1.82) is 0 Å². The van der Waals surface area contributed by atoms with Gasteiger partial charge in [-0.25, -0.2) is 0 Å². The minimum Gasteiger partial charge on any atom is -0.484 e. The molecule has 1 unspecified atom stereocenters. The zero-order valence-electron chi connectivity index (χ0n) is 15.5. The van der Waals surface area contributed by atoms with Crippen LogP contribution < -0.4 is 9.64 Å². The van der Waals surface area contributed by atoms with Crippen LogP contribution >= 0.6 is 0 Å². The first-order chi connectivity index (χ1) is 12.5. The predicted molar refractivity (Wildman–Crippen MR) is 101 cm³/mol. The number of carbonyl (C=O) groups is 1. The molecule has 6 nitrogen and oxygen atoms in total. The fourth-order valence-electron chi connectivity index (χ4n) is 2.68. The number of anilines is 1. The Morgan fingerprint density at radius 2 is 1.88 bits per heavy atom. The summed E-state index contributed by atoms with van der Waals surface area (Å²) in [5.41, 5.74) is 2.97. The topological polar surface area (TPSA) is 54.4 Å². The van der Waals surface area contributed by atoms with Crippen LogP contribution in [0.15, 0.2) is 53.6 Å². The van der Waals surface area contributed by atoms with Crippen LogP contribution in [0.2, 0.25) is 0 Å². The Labute approximate surface area is 153 Å². The second-order valence-electron chi connectivity index (χ2n) is 6.37. The average molecular weight is 353 g/mol. The third-order valence-electron chi connectivity index (χ3n) is 4.15. The van der Waals surface area contributed by atoms with Gasteiger partial charge in [-0.1, -0.05) is 30.3 Å². The molecule has 0 saturated carbocycles. The number of hydrogen-bond donors (Lipinski definition) is 0. The van der Waals surface area contributed by atoms with Crippen molar-refractivity contribution in [3.8, 4) is 5.75 Å². The van der Waals surface area contributed by atoms with E-state index in [1.807, 2.05) is 74.4 Å². The number of hydrogen-bond acceptors (Lipinski definition) is 5. The molecule has 0 fully saturated rings. The maximum Gasteiger partial charge on any atom is 0.247 e. The number of carbonyl (C=O) groups excluding carboxylic acids is 1. The molecular weight excluding hydrogens is 330 g/mol. The number of hydrazone groups is 1. The molecule has 1 aliphatic heterocycles. The van der Waals surface area contributed by atoms with Crippen LogP contribution in [0, 0.1) is 6.92 Å². The number of aryl methyl sites for hydroxylation is 1. The molecule has 6 heteroatoms. The van der Waals surface area contributed by atoms with Crippen molar-refractivity contribution in [3.05, 3.63) is 59.7 Å². The summed E-state index contributed by atoms with van der Waals surface area (Å²) in [5.74, 6) is 0.967. The SMILES string of the molecule is CC(=O)N1N=C(COc2ccccc2C)OC1c1ccc(N(C)C)cc1. The molecule has 1 heterocycles. The predicted octanol–water partition coefficient (Wildman–Crippen LogP) is 3.33. The van der Waals surface area contributed by atoms with E-state index in [9.17, 15) is 4.79 Å². The Hall–Kier alpha value is -3.02. The number of nitrogens with zero attached hydrogens (tertiary/aromatic N) is 3. The van der Waals surface area contributed by atoms with Crippen molar-refractivity contribution in [1.82, 2.24) is 5.01 Å². The molecule has 1 atom stereocenters. The van der Waals surface area contributed by atoms with Crippen LogP contribution in [0.5, 0.6) is 5.75 Å². The molecule has 26 heavy (non-hydrogen) atoms. The zero-order chi connectivity index (χ0) is 18.7. The van der Waals surface area contributed by atoms with E-state index in [4.69, 9.17) is 9.47 Å². The van der Waals surface area contributed by atoms with Gasteiger partial charge in [0.05, 0.1) is 0 Å². The summed E-state index contributed by atoms with van der Waals surface area (Å²) in [7, 11) is 3.96. The van der Waals surface area contributed by atoms with Crippen molar-refractivity contribution in [2.24, 2.45) is 5.10 Å². The minimum absolute atomic E-state index is 0.168. The average Bonchev–Trinajstić information content (AvgIpc) is 3.06. The van der Waals surface area contributed by atoms with E-state index >= 15 is 0 Å². The van der Waals surface area contributed by atoms with Crippen LogP contribution in [0.1, 0.15) is 24.3 Å². The molecule has 2 aromatic carbocycles. The maximum absolute atomic E-state index is 12.0. The molecule has 0 bridgehead atoms. The molecule has 0 aliphatic carbocycles. The molecule has 2 aromatic rings. The van der Waals surface area contributed by atoms with Gasteiger partial charge in [0.1, 0.15) is 5.75 Å². The molecule has 1 aliphatic rings. The van der Waals surface area contributed by atoms with E-state index in [2.05, 4.69) is 5.10 Å². The molecule has 0 spiro atoms. The van der Waals surface area contributed by atoms with Gasteiger partial charge in [-0.3, -0.25) is 4.79 Å². The summed E-state index contributed by atoms with van der Waals surface area (Å²) in [6, 6.07) is 15.6. The summed E-state index contributed by atoms with van der Waals surface area (Å²) in [6.07, 6.45) is -0.570. The lowest BCUT2D eigenvalue weighted by atomic mass is 10.1. The largest absolute Gasteiger partial charge is 0.484 e. The molecule has 0 saturated heterocycles. The summed E-state index contributed by atoms with van der Waals surface area (Å²) < 4.78 is 11.7. The number of para-hydroxylation sites is 1. The summed E-state index contributed by atoms with van der Waals surface area (Å²) in [4.78, 5) is 14.0. The highest BCUT2D eigenvalue weighted by molar-refractivity contribution is 5.83. The normalized spacial score (nSPS) is 16.1. The monoisotopic (exact) mass is 353 g/mol. The second-order valence-corrected chi connectivity index (χ2v) is 6.37. The highest BCUT2D eigenvalue weighted by Gasteiger charge is 2.32. The lowest BCUT2D eigenvalue weighted by Crippen LogP contribution is -2.25. The van der Waals surface area contributed by atoms with Crippen LogP contribution in [0.3, 0.4) is 0 Å². The van der Waals surface area contributed by atoms with Gasteiger partial charge in [0.15, 0.2) is 6.61 Å². The molecule has 136 valence electrons. The lowest BCUT2D eigenvalue weighted by Gasteiger charge is -2.20. The molecular formula is C20H23N3O3. The van der Waals surface area contributed by atoms with E-state index in [1.54, 1.807) is 0 Å².